The van der Waals surface area contributed by atoms with Gasteiger partial charge in [0, 0.05) is 6.04 Å². The molecule has 0 aromatic carbocycles. The molecule has 0 amide bonds. The fraction of sp³-hybridized carbons (Fsp3) is 0.500. The second kappa shape index (κ2) is 10.3. The van der Waals surface area contributed by atoms with Crippen molar-refractivity contribution < 1.29 is 0 Å². The van der Waals surface area contributed by atoms with Crippen molar-refractivity contribution in [3.05, 3.63) is 12.7 Å². The standard InChI is InChI=1S/C4H10N2.2ClH/c1-3-4(2)6-5;;/h3-4,6H,1,5H2,2H3;2*1H. The topological polar surface area (TPSA) is 38.0 Å². The summed E-state index contributed by atoms with van der Waals surface area (Å²) in [7, 11) is 0. The molecule has 4 heteroatoms. The Bertz CT molecular complexity index is 49.3. The van der Waals surface area contributed by atoms with Gasteiger partial charge in [0.15, 0.2) is 0 Å². The number of hydrogen-bond acceptors (Lipinski definition) is 2. The lowest BCUT2D eigenvalue weighted by molar-refractivity contribution is 0.670. The van der Waals surface area contributed by atoms with Gasteiger partial charge in [-0.1, -0.05) is 6.08 Å². The zero-order valence-corrected chi connectivity index (χ0v) is 6.39. The van der Waals surface area contributed by atoms with Crippen molar-refractivity contribution >= 4 is 24.8 Å². The molecule has 0 aliphatic rings. The second-order valence-corrected chi connectivity index (χ2v) is 1.19. The molecule has 0 aliphatic heterocycles. The molecule has 0 rings (SSSR count). The van der Waals surface area contributed by atoms with Crippen molar-refractivity contribution in [2.45, 2.75) is 13.0 Å². The zero-order chi connectivity index (χ0) is 4.99. The smallest absolute Gasteiger partial charge is 0.0359 e. The summed E-state index contributed by atoms with van der Waals surface area (Å²) in [5, 5.41) is 0. The van der Waals surface area contributed by atoms with Gasteiger partial charge in [0.05, 0.1) is 0 Å². The van der Waals surface area contributed by atoms with Gasteiger partial charge in [0.2, 0.25) is 0 Å². The Kier molecular flexibility index (Phi) is 20.2. The number of hydrazine groups is 1. The van der Waals surface area contributed by atoms with Crippen molar-refractivity contribution in [3.8, 4) is 0 Å². The molecule has 3 N–H and O–H groups in total. The van der Waals surface area contributed by atoms with Crippen molar-refractivity contribution in [2.75, 3.05) is 0 Å². The Hall–Kier alpha value is 0.240. The summed E-state index contributed by atoms with van der Waals surface area (Å²) in [6, 6.07) is 0.227. The molecule has 0 saturated heterocycles. The van der Waals surface area contributed by atoms with Crippen LogP contribution in [0.3, 0.4) is 0 Å². The van der Waals surface area contributed by atoms with Gasteiger partial charge in [-0.25, -0.2) is 0 Å². The summed E-state index contributed by atoms with van der Waals surface area (Å²) in [6.07, 6.45) is 1.74. The third kappa shape index (κ3) is 9.53. The van der Waals surface area contributed by atoms with E-state index in [1.54, 1.807) is 6.08 Å². The second-order valence-electron chi connectivity index (χ2n) is 1.19. The minimum absolute atomic E-state index is 0. The average molecular weight is 159 g/mol. The minimum atomic E-state index is 0. The van der Waals surface area contributed by atoms with E-state index in [-0.39, 0.29) is 30.9 Å². The van der Waals surface area contributed by atoms with E-state index in [4.69, 9.17) is 5.84 Å². The maximum Gasteiger partial charge on any atom is 0.0359 e. The zero-order valence-electron chi connectivity index (χ0n) is 4.76. The van der Waals surface area contributed by atoms with Crippen molar-refractivity contribution in [1.29, 1.82) is 0 Å². The van der Waals surface area contributed by atoms with Gasteiger partial charge < -0.3 is 0 Å². The maximum absolute atomic E-state index is 4.96. The van der Waals surface area contributed by atoms with Gasteiger partial charge in [-0.2, -0.15) is 0 Å². The summed E-state index contributed by atoms with van der Waals surface area (Å²) >= 11 is 0. The first kappa shape index (κ1) is 15.7. The molecule has 0 aromatic rings. The fourth-order valence-corrected chi connectivity index (χ4v) is 0.0680. The van der Waals surface area contributed by atoms with E-state index in [9.17, 15) is 0 Å². The van der Waals surface area contributed by atoms with Crippen LogP contribution in [0, 0.1) is 0 Å². The largest absolute Gasteiger partial charge is 0.271 e. The van der Waals surface area contributed by atoms with E-state index < -0.39 is 0 Å². The van der Waals surface area contributed by atoms with Crippen LogP contribution in [0.15, 0.2) is 12.7 Å². The molecule has 0 heterocycles. The van der Waals surface area contributed by atoms with E-state index in [1.165, 1.54) is 0 Å². The molecule has 1 atom stereocenters. The van der Waals surface area contributed by atoms with E-state index in [0.29, 0.717) is 0 Å². The van der Waals surface area contributed by atoms with Gasteiger partial charge in [0.1, 0.15) is 0 Å². The van der Waals surface area contributed by atoms with Crippen molar-refractivity contribution in [2.24, 2.45) is 5.84 Å². The summed E-state index contributed by atoms with van der Waals surface area (Å²) in [5.74, 6) is 4.96. The van der Waals surface area contributed by atoms with Gasteiger partial charge >= 0.3 is 0 Å². The van der Waals surface area contributed by atoms with E-state index in [2.05, 4.69) is 12.0 Å². The number of rotatable bonds is 2. The Morgan fingerprint density at radius 1 is 1.62 bits per heavy atom. The predicted octanol–water partition coefficient (Wildman–Crippen LogP) is 0.868. The Balaban J connectivity index is -0.000000125. The maximum atomic E-state index is 4.96. The van der Waals surface area contributed by atoms with Gasteiger partial charge in [-0.3, -0.25) is 11.3 Å². The quantitative estimate of drug-likeness (QED) is 0.356. The number of nitrogens with two attached hydrogens (primary N) is 1. The lowest BCUT2D eigenvalue weighted by Crippen LogP contribution is -2.30. The van der Waals surface area contributed by atoms with Crippen LogP contribution in [0.25, 0.3) is 0 Å². The highest BCUT2D eigenvalue weighted by atomic mass is 35.5. The van der Waals surface area contributed by atoms with Crippen molar-refractivity contribution in [1.82, 2.24) is 5.43 Å². The Morgan fingerprint density at radius 2 is 2.00 bits per heavy atom. The molecule has 0 saturated carbocycles. The monoisotopic (exact) mass is 158 g/mol. The molecule has 2 nitrogen and oxygen atoms in total. The average Bonchev–Trinajstić information content (AvgIpc) is 1.65. The lowest BCUT2D eigenvalue weighted by atomic mass is 10.4. The van der Waals surface area contributed by atoms with Crippen LogP contribution in [-0.2, 0) is 0 Å². The molecular weight excluding hydrogens is 147 g/mol. The summed E-state index contributed by atoms with van der Waals surface area (Å²) in [4.78, 5) is 0. The number of halogens is 2. The molecule has 1 unspecified atom stereocenters. The first-order chi connectivity index (χ1) is 2.81. The normalized spacial score (nSPS) is 10.2. The molecule has 0 aliphatic carbocycles. The Morgan fingerprint density at radius 3 is 2.00 bits per heavy atom. The van der Waals surface area contributed by atoms with Crippen LogP contribution in [0.4, 0.5) is 0 Å². The predicted molar refractivity (Wildman–Crippen MR) is 41.5 cm³/mol. The van der Waals surface area contributed by atoms with Gasteiger partial charge in [0.25, 0.3) is 0 Å². The summed E-state index contributed by atoms with van der Waals surface area (Å²) in [6.45, 7) is 5.41. The van der Waals surface area contributed by atoms with Gasteiger partial charge in [-0.15, -0.1) is 31.4 Å². The highest BCUT2D eigenvalue weighted by molar-refractivity contribution is 5.85. The van der Waals surface area contributed by atoms with Crippen LogP contribution in [0.2, 0.25) is 0 Å². The third-order valence-electron chi connectivity index (χ3n) is 0.616. The summed E-state index contributed by atoms with van der Waals surface area (Å²) < 4.78 is 0. The van der Waals surface area contributed by atoms with Crippen LogP contribution in [0.5, 0.6) is 0 Å². The first-order valence-electron chi connectivity index (χ1n) is 1.90. The first-order valence-corrected chi connectivity index (χ1v) is 1.90. The van der Waals surface area contributed by atoms with Crippen LogP contribution < -0.4 is 11.3 Å². The molecule has 52 valence electrons. The minimum Gasteiger partial charge on any atom is -0.271 e. The van der Waals surface area contributed by atoms with Gasteiger partial charge in [-0.05, 0) is 6.92 Å². The number of nitrogens with one attached hydrogen (secondary N) is 1. The molecule has 0 bridgehead atoms. The Labute approximate surface area is 62.3 Å². The molecule has 0 aromatic heterocycles. The summed E-state index contributed by atoms with van der Waals surface area (Å²) in [5.41, 5.74) is 2.50. The molecule has 0 fully saturated rings. The van der Waals surface area contributed by atoms with E-state index in [0.717, 1.165) is 0 Å². The molecular formula is C4H12Cl2N2. The lowest BCUT2D eigenvalue weighted by Gasteiger charge is -1.97. The fourth-order valence-electron chi connectivity index (χ4n) is 0.0680. The third-order valence-corrected chi connectivity index (χ3v) is 0.616. The molecule has 0 radical (unpaired) electrons. The molecule has 0 spiro atoms. The highest BCUT2D eigenvalue weighted by Crippen LogP contribution is 1.72. The highest BCUT2D eigenvalue weighted by Gasteiger charge is 1.82. The van der Waals surface area contributed by atoms with Crippen molar-refractivity contribution in [3.63, 3.8) is 0 Å². The molecule has 8 heavy (non-hydrogen) atoms. The van der Waals surface area contributed by atoms with Crippen LogP contribution in [-0.4, -0.2) is 6.04 Å². The number of hydrogen-bond donors (Lipinski definition) is 2. The van der Waals surface area contributed by atoms with Crippen LogP contribution in [0.1, 0.15) is 6.92 Å². The van der Waals surface area contributed by atoms with E-state index >= 15 is 0 Å². The van der Waals surface area contributed by atoms with E-state index in [1.807, 2.05) is 6.92 Å². The van der Waals surface area contributed by atoms with Crippen LogP contribution >= 0.6 is 24.8 Å². The SMILES string of the molecule is C=CC(C)NN.Cl.Cl.